The Labute approximate surface area is 125 Å². The third-order valence-electron chi connectivity index (χ3n) is 2.38. The highest BCUT2D eigenvalue weighted by Gasteiger charge is 2.15. The van der Waals surface area contributed by atoms with Gasteiger partial charge in [0.05, 0.1) is 0 Å². The Hall–Kier alpha value is -2.24. The number of rotatable bonds is 5. The third kappa shape index (κ3) is 6.65. The van der Waals surface area contributed by atoms with Crippen LogP contribution in [-0.2, 0) is 16.1 Å². The number of alkyl carbamates (subject to hydrolysis) is 1. The van der Waals surface area contributed by atoms with E-state index in [-0.39, 0.29) is 0 Å². The average molecular weight is 293 g/mol. The van der Waals surface area contributed by atoms with Gasteiger partial charge in [0, 0.05) is 12.1 Å². The first-order valence-corrected chi connectivity index (χ1v) is 6.83. The molecule has 0 unspecified atom stereocenters. The van der Waals surface area contributed by atoms with Gasteiger partial charge in [-0.3, -0.25) is 0 Å². The minimum Gasteiger partial charge on any atom is -0.444 e. The first kappa shape index (κ1) is 16.8. The highest BCUT2D eigenvalue weighted by atomic mass is 16.6. The second-order valence-corrected chi connectivity index (χ2v) is 5.45. The van der Waals surface area contributed by atoms with Gasteiger partial charge in [-0.2, -0.15) is 0 Å². The van der Waals surface area contributed by atoms with E-state index >= 15 is 0 Å². The van der Waals surface area contributed by atoms with Crippen molar-refractivity contribution in [3.8, 4) is 0 Å². The number of carbonyl (C=O) groups excluding carboxylic acids is 1. The number of benzene rings is 1. The van der Waals surface area contributed by atoms with Crippen LogP contribution in [0.2, 0.25) is 0 Å². The maximum atomic E-state index is 11.5. The number of hydrogen-bond donors (Lipinski definition) is 2. The molecule has 116 valence electrons. The summed E-state index contributed by atoms with van der Waals surface area (Å²) in [5.41, 5.74) is 6.96. The molecular weight excluding hydrogens is 270 g/mol. The average Bonchev–Trinajstić information content (AvgIpc) is 2.41. The van der Waals surface area contributed by atoms with Gasteiger partial charge in [0.2, 0.25) is 0 Å². The summed E-state index contributed by atoms with van der Waals surface area (Å²) in [5.74, 6) is 0.323. The van der Waals surface area contributed by atoms with Crippen molar-refractivity contribution >= 4 is 11.9 Å². The second kappa shape index (κ2) is 7.52. The molecule has 0 fully saturated rings. The van der Waals surface area contributed by atoms with E-state index in [2.05, 4.69) is 10.5 Å². The van der Waals surface area contributed by atoms with Gasteiger partial charge in [0.1, 0.15) is 12.2 Å². The van der Waals surface area contributed by atoms with Crippen LogP contribution in [0, 0.1) is 0 Å². The monoisotopic (exact) mass is 293 g/mol. The van der Waals surface area contributed by atoms with Gasteiger partial charge in [-0.05, 0) is 33.3 Å². The summed E-state index contributed by atoms with van der Waals surface area (Å²) in [4.78, 5) is 16.4. The largest absolute Gasteiger partial charge is 0.444 e. The minimum absolute atomic E-state index is 0.323. The predicted octanol–water partition coefficient (Wildman–Crippen LogP) is 2.37. The van der Waals surface area contributed by atoms with Crippen molar-refractivity contribution in [2.24, 2.45) is 10.9 Å². The minimum atomic E-state index is -0.502. The number of carbonyl (C=O) groups is 1. The summed E-state index contributed by atoms with van der Waals surface area (Å²) in [7, 11) is 0. The lowest BCUT2D eigenvalue weighted by Gasteiger charge is -2.19. The number of nitrogens with one attached hydrogen (secondary N) is 1. The van der Waals surface area contributed by atoms with Crippen LogP contribution in [0.3, 0.4) is 0 Å². The van der Waals surface area contributed by atoms with Crippen molar-refractivity contribution in [1.29, 1.82) is 0 Å². The fourth-order valence-corrected chi connectivity index (χ4v) is 1.47. The van der Waals surface area contributed by atoms with Crippen molar-refractivity contribution in [1.82, 2.24) is 5.32 Å². The number of oxime groups is 1. The van der Waals surface area contributed by atoms with E-state index in [0.717, 1.165) is 11.1 Å². The summed E-state index contributed by atoms with van der Waals surface area (Å²) in [6.45, 7) is 8.16. The summed E-state index contributed by atoms with van der Waals surface area (Å²) in [6.07, 6.45) is -0.441. The van der Waals surface area contributed by atoms with Gasteiger partial charge >= 0.3 is 6.09 Å². The molecule has 0 radical (unpaired) electrons. The van der Waals surface area contributed by atoms with E-state index in [1.54, 1.807) is 0 Å². The molecule has 6 heteroatoms. The topological polar surface area (TPSA) is 85.9 Å². The van der Waals surface area contributed by atoms with Crippen molar-refractivity contribution < 1.29 is 14.4 Å². The number of nitrogens with zero attached hydrogens (tertiary/aromatic N) is 1. The molecule has 0 atom stereocenters. The fourth-order valence-electron chi connectivity index (χ4n) is 1.47. The quantitative estimate of drug-likeness (QED) is 0.496. The molecule has 1 aromatic carbocycles. The van der Waals surface area contributed by atoms with Crippen LogP contribution < -0.4 is 11.1 Å². The zero-order valence-electron chi connectivity index (χ0n) is 13.0. The molecule has 6 nitrogen and oxygen atoms in total. The lowest BCUT2D eigenvalue weighted by Crippen LogP contribution is -2.32. The molecule has 0 saturated carbocycles. The Balaban J connectivity index is 2.53. The van der Waals surface area contributed by atoms with Gasteiger partial charge in [0.25, 0.3) is 0 Å². The Morgan fingerprint density at radius 2 is 1.90 bits per heavy atom. The summed E-state index contributed by atoms with van der Waals surface area (Å²) in [5, 5.41) is 6.45. The van der Waals surface area contributed by atoms with Crippen LogP contribution in [0.1, 0.15) is 38.8 Å². The van der Waals surface area contributed by atoms with Gasteiger partial charge < -0.3 is 20.6 Å². The third-order valence-corrected chi connectivity index (χ3v) is 2.38. The summed E-state index contributed by atoms with van der Waals surface area (Å²) < 4.78 is 5.16. The van der Waals surface area contributed by atoms with E-state index in [1.165, 1.54) is 0 Å². The van der Waals surface area contributed by atoms with Crippen LogP contribution in [0.25, 0.3) is 0 Å². The van der Waals surface area contributed by atoms with Gasteiger partial charge in [-0.15, -0.1) is 0 Å². The SMILES string of the molecule is CCON=C(N)c1ccc(CNC(=O)OC(C)(C)C)cc1. The lowest BCUT2D eigenvalue weighted by molar-refractivity contribution is 0.0523. The second-order valence-electron chi connectivity index (χ2n) is 5.45. The number of hydrogen-bond acceptors (Lipinski definition) is 4. The van der Waals surface area contributed by atoms with Gasteiger partial charge in [0.15, 0.2) is 5.84 Å². The smallest absolute Gasteiger partial charge is 0.407 e. The van der Waals surface area contributed by atoms with E-state index in [1.807, 2.05) is 52.0 Å². The lowest BCUT2D eigenvalue weighted by atomic mass is 10.1. The van der Waals surface area contributed by atoms with Crippen LogP contribution in [-0.4, -0.2) is 24.1 Å². The molecular formula is C15H23N3O3. The van der Waals surface area contributed by atoms with Crippen molar-refractivity contribution in [3.63, 3.8) is 0 Å². The normalized spacial score (nSPS) is 11.9. The Morgan fingerprint density at radius 3 is 2.43 bits per heavy atom. The van der Waals surface area contributed by atoms with E-state index in [0.29, 0.717) is 19.0 Å². The van der Waals surface area contributed by atoms with E-state index < -0.39 is 11.7 Å². The van der Waals surface area contributed by atoms with E-state index in [9.17, 15) is 4.79 Å². The maximum Gasteiger partial charge on any atom is 0.407 e. The first-order chi connectivity index (χ1) is 9.81. The molecule has 0 aliphatic heterocycles. The standard InChI is InChI=1S/C15H23N3O3/c1-5-20-18-13(16)12-8-6-11(7-9-12)10-17-14(19)21-15(2,3)4/h6-9H,5,10H2,1-4H3,(H2,16,18)(H,17,19). The molecule has 1 amide bonds. The Kier molecular flexibility index (Phi) is 6.02. The van der Waals surface area contributed by atoms with Crippen LogP contribution in [0.4, 0.5) is 4.79 Å². The molecule has 0 aliphatic carbocycles. The molecule has 3 N–H and O–H groups in total. The zero-order valence-corrected chi connectivity index (χ0v) is 13.0. The maximum absolute atomic E-state index is 11.5. The van der Waals surface area contributed by atoms with Gasteiger partial charge in [-0.25, -0.2) is 4.79 Å². The number of nitrogens with two attached hydrogens (primary N) is 1. The molecule has 0 aromatic heterocycles. The number of ether oxygens (including phenoxy) is 1. The van der Waals surface area contributed by atoms with Crippen molar-refractivity contribution in [3.05, 3.63) is 35.4 Å². The van der Waals surface area contributed by atoms with E-state index in [4.69, 9.17) is 15.3 Å². The Bertz CT molecular complexity index is 490. The molecule has 1 aromatic rings. The molecule has 1 rings (SSSR count). The highest BCUT2D eigenvalue weighted by molar-refractivity contribution is 5.97. The molecule has 0 spiro atoms. The molecule has 0 heterocycles. The first-order valence-electron chi connectivity index (χ1n) is 6.83. The molecule has 0 saturated heterocycles. The van der Waals surface area contributed by atoms with Crippen LogP contribution in [0.5, 0.6) is 0 Å². The van der Waals surface area contributed by atoms with Crippen molar-refractivity contribution in [2.75, 3.05) is 6.61 Å². The molecule has 21 heavy (non-hydrogen) atoms. The Morgan fingerprint density at radius 1 is 1.29 bits per heavy atom. The predicted molar refractivity (Wildman–Crippen MR) is 81.9 cm³/mol. The molecule has 0 aliphatic rings. The fraction of sp³-hybridized carbons (Fsp3) is 0.467. The number of amidine groups is 1. The van der Waals surface area contributed by atoms with Gasteiger partial charge in [-0.1, -0.05) is 29.4 Å². The summed E-state index contributed by atoms with van der Waals surface area (Å²) in [6, 6.07) is 7.37. The van der Waals surface area contributed by atoms with Crippen LogP contribution in [0.15, 0.2) is 29.4 Å². The highest BCUT2D eigenvalue weighted by Crippen LogP contribution is 2.08. The molecule has 0 bridgehead atoms. The van der Waals surface area contributed by atoms with Crippen molar-refractivity contribution in [2.45, 2.75) is 39.8 Å². The zero-order chi connectivity index (χ0) is 15.9. The van der Waals surface area contributed by atoms with Crippen LogP contribution >= 0.6 is 0 Å². The number of amides is 1. The summed E-state index contributed by atoms with van der Waals surface area (Å²) >= 11 is 0.